The van der Waals surface area contributed by atoms with E-state index in [0.29, 0.717) is 31.5 Å². The van der Waals surface area contributed by atoms with Crippen LogP contribution in [0.25, 0.3) is 0 Å². The molecule has 1 aliphatic heterocycles. The van der Waals surface area contributed by atoms with Gasteiger partial charge >= 0.3 is 6.36 Å². The molecule has 0 atom stereocenters. The zero-order valence-corrected chi connectivity index (χ0v) is 15.9. The molecule has 2 amide bonds. The number of ether oxygens (including phenoxy) is 2. The van der Waals surface area contributed by atoms with E-state index in [-0.39, 0.29) is 35.6 Å². The van der Waals surface area contributed by atoms with E-state index in [0.717, 1.165) is 0 Å². The van der Waals surface area contributed by atoms with Gasteiger partial charge in [-0.25, -0.2) is 4.98 Å². The number of aromatic nitrogens is 1. The molecule has 0 spiro atoms. The van der Waals surface area contributed by atoms with E-state index in [4.69, 9.17) is 10.5 Å². The Kier molecular flexibility index (Phi) is 6.43. The van der Waals surface area contributed by atoms with Crippen molar-refractivity contribution in [2.45, 2.75) is 31.7 Å². The highest BCUT2D eigenvalue weighted by Gasteiger charge is 2.31. The van der Waals surface area contributed by atoms with Crippen molar-refractivity contribution < 1.29 is 32.2 Å². The molecule has 1 aliphatic rings. The first kappa shape index (κ1) is 21.4. The maximum atomic E-state index is 12.5. The van der Waals surface area contributed by atoms with Crippen LogP contribution in [0.2, 0.25) is 0 Å². The van der Waals surface area contributed by atoms with Gasteiger partial charge < -0.3 is 20.1 Å². The molecular weight excluding hydrogens is 403 g/mol. The number of piperidine rings is 1. The Labute approximate surface area is 170 Å². The van der Waals surface area contributed by atoms with Gasteiger partial charge in [-0.15, -0.1) is 13.2 Å². The summed E-state index contributed by atoms with van der Waals surface area (Å²) in [4.78, 5) is 29.7. The van der Waals surface area contributed by atoms with E-state index in [9.17, 15) is 22.8 Å². The van der Waals surface area contributed by atoms with E-state index in [1.807, 2.05) is 0 Å². The number of benzene rings is 1. The summed E-state index contributed by atoms with van der Waals surface area (Å²) in [5.41, 5.74) is 6.11. The number of hydrogen-bond acceptors (Lipinski definition) is 5. The van der Waals surface area contributed by atoms with Gasteiger partial charge in [0, 0.05) is 32.1 Å². The van der Waals surface area contributed by atoms with Gasteiger partial charge in [0.2, 0.25) is 11.8 Å². The van der Waals surface area contributed by atoms with Crippen molar-refractivity contribution in [3.63, 3.8) is 0 Å². The number of carbonyl (C=O) groups excluding carboxylic acids is 2. The summed E-state index contributed by atoms with van der Waals surface area (Å²) < 4.78 is 46.2. The van der Waals surface area contributed by atoms with Crippen LogP contribution in [0.1, 0.15) is 28.8 Å². The quantitative estimate of drug-likeness (QED) is 0.771. The Balaban J connectivity index is 1.50. The van der Waals surface area contributed by atoms with E-state index in [1.54, 1.807) is 11.0 Å². The first-order valence-electron chi connectivity index (χ1n) is 9.25. The zero-order chi connectivity index (χ0) is 21.7. The average Bonchev–Trinajstić information content (AvgIpc) is 2.69. The van der Waals surface area contributed by atoms with E-state index in [1.165, 1.54) is 36.5 Å². The predicted molar refractivity (Wildman–Crippen MR) is 99.8 cm³/mol. The summed E-state index contributed by atoms with van der Waals surface area (Å²) in [6, 6.07) is 8.35. The van der Waals surface area contributed by atoms with Crippen LogP contribution >= 0.6 is 0 Å². The van der Waals surface area contributed by atoms with Gasteiger partial charge in [0.15, 0.2) is 0 Å². The van der Waals surface area contributed by atoms with Crippen molar-refractivity contribution in [2.75, 3.05) is 13.1 Å². The fourth-order valence-corrected chi connectivity index (χ4v) is 3.15. The van der Waals surface area contributed by atoms with Crippen molar-refractivity contribution in [1.82, 2.24) is 9.88 Å². The number of rotatable bonds is 6. The number of nitrogens with zero attached hydrogens (tertiary/aromatic N) is 2. The van der Waals surface area contributed by atoms with E-state index >= 15 is 0 Å². The molecule has 1 aromatic heterocycles. The highest BCUT2D eigenvalue weighted by Crippen LogP contribution is 2.24. The average molecular weight is 423 g/mol. The van der Waals surface area contributed by atoms with Crippen molar-refractivity contribution in [2.24, 2.45) is 5.73 Å². The molecule has 1 saturated heterocycles. The lowest BCUT2D eigenvalue weighted by atomic mass is 10.1. The largest absolute Gasteiger partial charge is 0.573 e. The van der Waals surface area contributed by atoms with Crippen LogP contribution in [0, 0.1) is 0 Å². The number of likely N-dealkylation sites (tertiary alicyclic amines) is 1. The Bertz CT molecular complexity index is 895. The second-order valence-corrected chi connectivity index (χ2v) is 6.79. The van der Waals surface area contributed by atoms with E-state index in [2.05, 4.69) is 9.72 Å². The second-order valence-electron chi connectivity index (χ2n) is 6.79. The summed E-state index contributed by atoms with van der Waals surface area (Å²) >= 11 is 0. The number of alkyl halides is 3. The Hall–Kier alpha value is -3.30. The molecule has 1 aromatic carbocycles. The first-order chi connectivity index (χ1) is 14.2. The second kappa shape index (κ2) is 9.02. The predicted octanol–water partition coefficient (Wildman–Crippen LogP) is 2.69. The molecule has 0 aliphatic carbocycles. The number of hydrogen-bond donors (Lipinski definition) is 1. The third-order valence-electron chi connectivity index (χ3n) is 4.62. The number of primary amides is 1. The fraction of sp³-hybridized carbons (Fsp3) is 0.350. The molecule has 0 unspecified atom stereocenters. The molecule has 1 fully saturated rings. The SMILES string of the molecule is NC(=O)c1cccnc1OC1CCN(C(=O)Cc2ccc(OC(F)(F)F)cc2)CC1. The third-order valence-corrected chi connectivity index (χ3v) is 4.62. The fourth-order valence-electron chi connectivity index (χ4n) is 3.15. The molecule has 0 saturated carbocycles. The zero-order valence-electron chi connectivity index (χ0n) is 15.9. The Morgan fingerprint density at radius 1 is 1.13 bits per heavy atom. The van der Waals surface area contributed by atoms with Crippen molar-refractivity contribution in [3.8, 4) is 11.6 Å². The summed E-state index contributed by atoms with van der Waals surface area (Å²) in [7, 11) is 0. The van der Waals surface area contributed by atoms with Gasteiger partial charge in [0.25, 0.3) is 5.91 Å². The summed E-state index contributed by atoms with van der Waals surface area (Å²) in [6.45, 7) is 0.912. The van der Waals surface area contributed by atoms with Gasteiger partial charge in [0.05, 0.1) is 6.42 Å². The normalized spacial score (nSPS) is 15.0. The van der Waals surface area contributed by atoms with Gasteiger partial charge in [-0.3, -0.25) is 9.59 Å². The third kappa shape index (κ3) is 5.85. The molecule has 2 aromatic rings. The smallest absolute Gasteiger partial charge is 0.474 e. The first-order valence-corrected chi connectivity index (χ1v) is 9.25. The topological polar surface area (TPSA) is 94.8 Å². The summed E-state index contributed by atoms with van der Waals surface area (Å²) in [5.74, 6) is -0.913. The monoisotopic (exact) mass is 423 g/mol. The molecule has 0 radical (unpaired) electrons. The Morgan fingerprint density at radius 2 is 1.80 bits per heavy atom. The number of carbonyl (C=O) groups is 2. The molecule has 2 N–H and O–H groups in total. The minimum absolute atomic E-state index is 0.0733. The molecular formula is C20H20F3N3O4. The number of nitrogens with two attached hydrogens (primary N) is 1. The highest BCUT2D eigenvalue weighted by atomic mass is 19.4. The molecule has 7 nitrogen and oxygen atoms in total. The molecule has 0 bridgehead atoms. The molecule has 30 heavy (non-hydrogen) atoms. The molecule has 10 heteroatoms. The number of pyridine rings is 1. The van der Waals surface area contributed by atoms with Gasteiger partial charge in [-0.1, -0.05) is 12.1 Å². The lowest BCUT2D eigenvalue weighted by molar-refractivity contribution is -0.274. The summed E-state index contributed by atoms with van der Waals surface area (Å²) in [5, 5.41) is 0. The van der Waals surface area contributed by atoms with Crippen molar-refractivity contribution >= 4 is 11.8 Å². The van der Waals surface area contributed by atoms with Crippen molar-refractivity contribution in [3.05, 3.63) is 53.7 Å². The number of amides is 2. The van der Waals surface area contributed by atoms with Crippen LogP contribution in [0.15, 0.2) is 42.6 Å². The standard InChI is InChI=1S/C20H20F3N3O4/c21-20(22,23)30-15-5-3-13(4-6-15)12-17(27)26-10-7-14(8-11-26)29-19-16(18(24)28)2-1-9-25-19/h1-6,9,14H,7-8,10-12H2,(H2,24,28). The van der Waals surface area contributed by atoms with Gasteiger partial charge in [-0.05, 0) is 29.8 Å². The maximum absolute atomic E-state index is 12.5. The van der Waals surface area contributed by atoms with Crippen LogP contribution in [-0.2, 0) is 11.2 Å². The van der Waals surface area contributed by atoms with Gasteiger partial charge in [0.1, 0.15) is 17.4 Å². The van der Waals surface area contributed by atoms with Crippen LogP contribution in [-0.4, -0.2) is 47.3 Å². The molecule has 3 rings (SSSR count). The minimum atomic E-state index is -4.75. The lowest BCUT2D eigenvalue weighted by Gasteiger charge is -2.32. The number of halogens is 3. The Morgan fingerprint density at radius 3 is 2.40 bits per heavy atom. The van der Waals surface area contributed by atoms with Crippen molar-refractivity contribution in [1.29, 1.82) is 0 Å². The lowest BCUT2D eigenvalue weighted by Crippen LogP contribution is -2.42. The minimum Gasteiger partial charge on any atom is -0.474 e. The molecule has 2 heterocycles. The molecule has 160 valence electrons. The maximum Gasteiger partial charge on any atom is 0.573 e. The summed E-state index contributed by atoms with van der Waals surface area (Å²) in [6.07, 6.45) is -2.27. The van der Waals surface area contributed by atoms with Crippen LogP contribution in [0.4, 0.5) is 13.2 Å². The van der Waals surface area contributed by atoms with Crippen LogP contribution in [0.5, 0.6) is 11.6 Å². The highest BCUT2D eigenvalue weighted by molar-refractivity contribution is 5.94. The van der Waals surface area contributed by atoms with E-state index < -0.39 is 12.3 Å². The van der Waals surface area contributed by atoms with Crippen LogP contribution in [0.3, 0.4) is 0 Å². The van der Waals surface area contributed by atoms with Gasteiger partial charge in [-0.2, -0.15) is 0 Å². The van der Waals surface area contributed by atoms with Crippen LogP contribution < -0.4 is 15.2 Å².